The Morgan fingerprint density at radius 2 is 1.84 bits per heavy atom. The first-order valence-electron chi connectivity index (χ1n) is 10.1. The van der Waals surface area contributed by atoms with Crippen LogP contribution >= 0.6 is 0 Å². The van der Waals surface area contributed by atoms with E-state index in [0.29, 0.717) is 17.7 Å². The van der Waals surface area contributed by atoms with Crippen LogP contribution in [0.25, 0.3) is 5.57 Å². The molecule has 0 aromatic heterocycles. The Balaban J connectivity index is 2.13. The van der Waals surface area contributed by atoms with Crippen LogP contribution in [0.2, 0.25) is 0 Å². The third kappa shape index (κ3) is 4.07. The summed E-state index contributed by atoms with van der Waals surface area (Å²) in [5, 5.41) is 31.3. The fraction of sp³-hybridized carbons (Fsp3) is 0.333. The lowest BCUT2D eigenvalue weighted by atomic mass is 9.81. The Hall–Kier alpha value is -3.70. The molecule has 0 saturated heterocycles. The number of hydrogen-bond donors (Lipinski definition) is 1. The van der Waals surface area contributed by atoms with Crippen molar-refractivity contribution in [2.24, 2.45) is 0 Å². The molecule has 1 aliphatic rings. The largest absolute Gasteiger partial charge is 0.508 e. The first-order valence-corrected chi connectivity index (χ1v) is 10.1. The molecule has 8 nitrogen and oxygen atoms in total. The summed E-state index contributed by atoms with van der Waals surface area (Å²) in [6.45, 7) is 8.63. The van der Waals surface area contributed by atoms with Crippen LogP contribution in [-0.4, -0.2) is 27.0 Å². The average molecular weight is 436 g/mol. The highest BCUT2D eigenvalue weighted by Crippen LogP contribution is 2.42. The minimum absolute atomic E-state index is 0.00629. The molecule has 1 N–H and O–H groups in total. The lowest BCUT2D eigenvalue weighted by molar-refractivity contribution is -0.384. The Labute approximate surface area is 185 Å². The molecule has 1 aliphatic heterocycles. The Bertz CT molecular complexity index is 1190. The molecule has 32 heavy (non-hydrogen) atoms. The second kappa shape index (κ2) is 8.09. The highest BCUT2D eigenvalue weighted by molar-refractivity contribution is 6.26. The van der Waals surface area contributed by atoms with Gasteiger partial charge in [-0.2, -0.15) is 5.26 Å². The van der Waals surface area contributed by atoms with E-state index in [2.05, 4.69) is 0 Å². The number of hydrogen-bond acceptors (Lipinski definition) is 7. The highest BCUT2D eigenvalue weighted by Gasteiger charge is 2.47. The van der Waals surface area contributed by atoms with Gasteiger partial charge in [0.1, 0.15) is 40.1 Å². The fourth-order valence-electron chi connectivity index (χ4n) is 3.79. The predicted octanol–water partition coefficient (Wildman–Crippen LogP) is 5.25. The number of nitro groups is 1. The number of aliphatic hydroxyl groups is 1. The Morgan fingerprint density at radius 3 is 2.44 bits per heavy atom. The zero-order valence-corrected chi connectivity index (χ0v) is 18.6. The van der Waals surface area contributed by atoms with E-state index in [1.165, 1.54) is 12.1 Å². The van der Waals surface area contributed by atoms with E-state index >= 15 is 0 Å². The lowest BCUT2D eigenvalue weighted by Gasteiger charge is -2.40. The number of carbonyl (C=O) groups excluding carboxylic acids is 1. The number of ether oxygens (including phenoxy) is 2. The van der Waals surface area contributed by atoms with Gasteiger partial charge >= 0.3 is 0 Å². The van der Waals surface area contributed by atoms with Gasteiger partial charge in [-0.1, -0.05) is 13.0 Å². The normalized spacial score (nSPS) is 17.1. The van der Waals surface area contributed by atoms with Crippen LogP contribution in [0.5, 0.6) is 11.5 Å². The van der Waals surface area contributed by atoms with Crippen molar-refractivity contribution in [2.75, 3.05) is 0 Å². The maximum Gasteiger partial charge on any atom is 0.271 e. The number of rotatable bonds is 5. The SMILES string of the molecule is CCc1ccc(Oc2ccc([N+](=O)[O-])cc2C#N)cc1C1=C(O)C(C)(C)OC(C)(C)C1=O. The van der Waals surface area contributed by atoms with Gasteiger partial charge in [-0.05, 0) is 63.4 Å². The summed E-state index contributed by atoms with van der Waals surface area (Å²) < 4.78 is 11.7. The Kier molecular flexibility index (Phi) is 5.81. The molecule has 2 aromatic carbocycles. The first kappa shape index (κ1) is 23.0. The molecule has 0 saturated carbocycles. The number of benzene rings is 2. The second-order valence-corrected chi connectivity index (χ2v) is 8.50. The van der Waals surface area contributed by atoms with Crippen molar-refractivity contribution in [1.29, 1.82) is 5.26 Å². The molecule has 3 rings (SSSR count). The maximum absolute atomic E-state index is 13.2. The second-order valence-electron chi connectivity index (χ2n) is 8.50. The van der Waals surface area contributed by atoms with Gasteiger partial charge in [0.15, 0.2) is 5.78 Å². The van der Waals surface area contributed by atoms with Gasteiger partial charge in [0.2, 0.25) is 0 Å². The third-order valence-electron chi connectivity index (χ3n) is 5.35. The van der Waals surface area contributed by atoms with Crippen LogP contribution in [0.3, 0.4) is 0 Å². The summed E-state index contributed by atoms with van der Waals surface area (Å²) in [7, 11) is 0. The number of carbonyl (C=O) groups is 1. The number of nitro benzene ring substituents is 1. The fourth-order valence-corrected chi connectivity index (χ4v) is 3.79. The molecule has 166 valence electrons. The van der Waals surface area contributed by atoms with E-state index in [1.54, 1.807) is 45.9 Å². The van der Waals surface area contributed by atoms with Crippen molar-refractivity contribution in [2.45, 2.75) is 52.2 Å². The van der Waals surface area contributed by atoms with Crippen molar-refractivity contribution in [1.82, 2.24) is 0 Å². The van der Waals surface area contributed by atoms with Crippen molar-refractivity contribution in [3.8, 4) is 17.6 Å². The van der Waals surface area contributed by atoms with Gasteiger partial charge in [-0.25, -0.2) is 0 Å². The van der Waals surface area contributed by atoms with Gasteiger partial charge in [-0.3, -0.25) is 14.9 Å². The summed E-state index contributed by atoms with van der Waals surface area (Å²) in [5.74, 6) is -0.0563. The lowest BCUT2D eigenvalue weighted by Crippen LogP contribution is -2.49. The predicted molar refractivity (Wildman–Crippen MR) is 118 cm³/mol. The highest BCUT2D eigenvalue weighted by atomic mass is 16.6. The van der Waals surface area contributed by atoms with Gasteiger partial charge in [-0.15, -0.1) is 0 Å². The third-order valence-corrected chi connectivity index (χ3v) is 5.35. The van der Waals surface area contributed by atoms with Crippen molar-refractivity contribution in [3.63, 3.8) is 0 Å². The number of aliphatic hydroxyl groups excluding tert-OH is 1. The standard InChI is InChI=1S/C24H24N2O6/c1-6-14-7-9-17(31-19-10-8-16(26(29)30)11-15(19)13-25)12-18(14)20-21(27)23(2,3)32-24(4,5)22(20)28/h7-12,27H,6H2,1-5H3. The summed E-state index contributed by atoms with van der Waals surface area (Å²) in [4.78, 5) is 23.6. The number of nitriles is 1. The number of aryl methyl sites for hydroxylation is 1. The van der Waals surface area contributed by atoms with Crippen molar-refractivity contribution >= 4 is 17.0 Å². The quantitative estimate of drug-likeness (QED) is 0.502. The number of non-ortho nitro benzene ring substituents is 1. The molecule has 0 radical (unpaired) electrons. The van der Waals surface area contributed by atoms with Crippen LogP contribution in [-0.2, 0) is 16.0 Å². The van der Waals surface area contributed by atoms with E-state index in [4.69, 9.17) is 9.47 Å². The Morgan fingerprint density at radius 1 is 1.16 bits per heavy atom. The molecule has 0 unspecified atom stereocenters. The molecule has 0 atom stereocenters. The van der Waals surface area contributed by atoms with E-state index in [-0.39, 0.29) is 34.1 Å². The molecule has 2 aromatic rings. The summed E-state index contributed by atoms with van der Waals surface area (Å²) in [6, 6.07) is 10.7. The molecule has 0 fully saturated rings. The van der Waals surface area contributed by atoms with Crippen LogP contribution in [0.1, 0.15) is 51.3 Å². The van der Waals surface area contributed by atoms with Crippen LogP contribution < -0.4 is 4.74 Å². The maximum atomic E-state index is 13.2. The zero-order valence-electron chi connectivity index (χ0n) is 18.6. The molecule has 0 aliphatic carbocycles. The monoisotopic (exact) mass is 436 g/mol. The molecule has 0 amide bonds. The minimum atomic E-state index is -1.14. The van der Waals surface area contributed by atoms with E-state index in [0.717, 1.165) is 11.6 Å². The molecular formula is C24H24N2O6. The van der Waals surface area contributed by atoms with Gasteiger partial charge in [0, 0.05) is 12.1 Å². The summed E-state index contributed by atoms with van der Waals surface area (Å²) >= 11 is 0. The minimum Gasteiger partial charge on any atom is -0.508 e. The topological polar surface area (TPSA) is 123 Å². The molecule has 0 bridgehead atoms. The van der Waals surface area contributed by atoms with Crippen LogP contribution in [0, 0.1) is 21.4 Å². The van der Waals surface area contributed by atoms with Crippen LogP contribution in [0.4, 0.5) is 5.69 Å². The van der Waals surface area contributed by atoms with Crippen molar-refractivity contribution in [3.05, 3.63) is 69.0 Å². The van der Waals surface area contributed by atoms with E-state index in [9.17, 15) is 25.3 Å². The van der Waals surface area contributed by atoms with Crippen LogP contribution in [0.15, 0.2) is 42.2 Å². The first-order chi connectivity index (χ1) is 14.9. The van der Waals surface area contributed by atoms with Gasteiger partial charge < -0.3 is 14.6 Å². The average Bonchev–Trinajstić information content (AvgIpc) is 2.72. The zero-order chi connectivity index (χ0) is 23.8. The number of nitrogens with zero attached hydrogens (tertiary/aromatic N) is 2. The van der Waals surface area contributed by atoms with E-state index < -0.39 is 16.1 Å². The molecule has 8 heteroatoms. The van der Waals surface area contributed by atoms with Gasteiger partial charge in [0.25, 0.3) is 5.69 Å². The molecular weight excluding hydrogens is 412 g/mol. The van der Waals surface area contributed by atoms with Gasteiger partial charge in [0.05, 0.1) is 10.5 Å². The molecule has 0 spiro atoms. The van der Waals surface area contributed by atoms with Crippen molar-refractivity contribution < 1.29 is 24.3 Å². The molecule has 1 heterocycles. The van der Waals surface area contributed by atoms with E-state index in [1.807, 2.05) is 13.0 Å². The summed E-state index contributed by atoms with van der Waals surface area (Å²) in [6.07, 6.45) is 0.600. The number of Topliss-reactive ketones (excluding diaryl/α,β-unsaturated/α-hetero) is 1. The number of ketones is 1. The summed E-state index contributed by atoms with van der Waals surface area (Å²) in [5.41, 5.74) is -0.921. The smallest absolute Gasteiger partial charge is 0.271 e.